The van der Waals surface area contributed by atoms with Crippen molar-refractivity contribution in [3.8, 4) is 0 Å². The Morgan fingerprint density at radius 1 is 1.45 bits per heavy atom. The minimum atomic E-state index is 0.448. The third kappa shape index (κ3) is 2.94. The van der Waals surface area contributed by atoms with Crippen LogP contribution in [0.2, 0.25) is 0 Å². The third-order valence-corrected chi connectivity index (χ3v) is 2.15. The highest BCUT2D eigenvalue weighted by atomic mass is 35.5. The van der Waals surface area contributed by atoms with E-state index in [1.807, 2.05) is 6.92 Å². The molecule has 0 nitrogen and oxygen atoms in total. The molecule has 0 saturated heterocycles. The van der Waals surface area contributed by atoms with Crippen LogP contribution in [0.1, 0.15) is 20.8 Å². The summed E-state index contributed by atoms with van der Waals surface area (Å²) in [6.07, 6.45) is 1.64. The fraction of sp³-hybridized carbons (Fsp3) is 0.400. The van der Waals surface area contributed by atoms with Gasteiger partial charge in [0.2, 0.25) is 0 Å². The molecule has 0 aromatic rings. The van der Waals surface area contributed by atoms with E-state index in [1.54, 1.807) is 6.08 Å². The zero-order valence-corrected chi connectivity index (χ0v) is 8.20. The largest absolute Gasteiger partial charge is 0.0976 e. The van der Waals surface area contributed by atoms with Crippen molar-refractivity contribution >= 4 is 11.6 Å². The molecule has 0 aromatic heterocycles. The van der Waals surface area contributed by atoms with Crippen molar-refractivity contribution < 1.29 is 0 Å². The fourth-order valence-electron chi connectivity index (χ4n) is 0.739. The van der Waals surface area contributed by atoms with Gasteiger partial charge in [-0.2, -0.15) is 0 Å². The lowest BCUT2D eigenvalue weighted by molar-refractivity contribution is 0.781. The van der Waals surface area contributed by atoms with Crippen LogP contribution in [-0.2, 0) is 0 Å². The Bertz CT molecular complexity index is 197. The van der Waals surface area contributed by atoms with E-state index in [0.29, 0.717) is 11.0 Å². The van der Waals surface area contributed by atoms with Gasteiger partial charge in [0, 0.05) is 5.03 Å². The quantitative estimate of drug-likeness (QED) is 0.564. The van der Waals surface area contributed by atoms with Crippen LogP contribution in [0.5, 0.6) is 0 Å². The van der Waals surface area contributed by atoms with Crippen LogP contribution in [0.3, 0.4) is 0 Å². The molecule has 11 heavy (non-hydrogen) atoms. The maximum atomic E-state index is 5.86. The van der Waals surface area contributed by atoms with Crippen molar-refractivity contribution in [1.29, 1.82) is 0 Å². The van der Waals surface area contributed by atoms with Crippen LogP contribution < -0.4 is 0 Å². The number of allylic oxidation sites excluding steroid dienone is 4. The van der Waals surface area contributed by atoms with Gasteiger partial charge in [-0.15, -0.1) is 0 Å². The molecule has 0 N–H and O–H groups in total. The van der Waals surface area contributed by atoms with Gasteiger partial charge < -0.3 is 0 Å². The summed E-state index contributed by atoms with van der Waals surface area (Å²) in [6, 6.07) is 0. The fourth-order valence-corrected chi connectivity index (χ4v) is 0.861. The van der Waals surface area contributed by atoms with E-state index in [2.05, 4.69) is 27.0 Å². The predicted octanol–water partition coefficient (Wildman–Crippen LogP) is 3.90. The lowest BCUT2D eigenvalue weighted by Gasteiger charge is -2.10. The maximum Gasteiger partial charge on any atom is 0.0431 e. The van der Waals surface area contributed by atoms with Crippen LogP contribution >= 0.6 is 11.6 Å². The molecule has 0 amide bonds. The Balaban J connectivity index is 4.60. The van der Waals surface area contributed by atoms with E-state index in [-0.39, 0.29) is 0 Å². The van der Waals surface area contributed by atoms with Crippen LogP contribution in [0, 0.1) is 5.92 Å². The molecule has 0 heterocycles. The zero-order chi connectivity index (χ0) is 9.02. The Hall–Kier alpha value is -0.490. The Morgan fingerprint density at radius 3 is 2.18 bits per heavy atom. The van der Waals surface area contributed by atoms with Gasteiger partial charge in [0.15, 0.2) is 0 Å². The first kappa shape index (κ1) is 10.5. The Labute approximate surface area is 74.3 Å². The van der Waals surface area contributed by atoms with Gasteiger partial charge >= 0.3 is 0 Å². The molecule has 1 heteroatoms. The normalized spacial score (nSPS) is 12.8. The molecular weight excluding hydrogens is 156 g/mol. The molecule has 0 spiro atoms. The summed E-state index contributed by atoms with van der Waals surface area (Å²) < 4.78 is 0. The molecule has 0 aliphatic heterocycles. The topological polar surface area (TPSA) is 0 Å². The van der Waals surface area contributed by atoms with E-state index in [0.717, 1.165) is 11.1 Å². The third-order valence-electron chi connectivity index (χ3n) is 1.72. The Kier molecular flexibility index (Phi) is 4.20. The summed E-state index contributed by atoms with van der Waals surface area (Å²) in [7, 11) is 0. The van der Waals surface area contributed by atoms with Crippen LogP contribution in [0.15, 0.2) is 35.4 Å². The van der Waals surface area contributed by atoms with Gasteiger partial charge in [-0.25, -0.2) is 0 Å². The first-order valence-electron chi connectivity index (χ1n) is 3.68. The number of rotatable bonds is 3. The van der Waals surface area contributed by atoms with Gasteiger partial charge in [-0.3, -0.25) is 0 Å². The Morgan fingerprint density at radius 2 is 1.91 bits per heavy atom. The zero-order valence-electron chi connectivity index (χ0n) is 7.45. The van der Waals surface area contributed by atoms with Gasteiger partial charge in [0.05, 0.1) is 0 Å². The number of hydrogen-bond donors (Lipinski definition) is 0. The van der Waals surface area contributed by atoms with E-state index in [4.69, 9.17) is 11.6 Å². The van der Waals surface area contributed by atoms with Crippen LogP contribution in [0.25, 0.3) is 0 Å². The lowest BCUT2D eigenvalue weighted by atomic mass is 9.98. The first-order chi connectivity index (χ1) is 5.00. The van der Waals surface area contributed by atoms with Crippen molar-refractivity contribution in [1.82, 2.24) is 0 Å². The van der Waals surface area contributed by atoms with E-state index in [9.17, 15) is 0 Å². The molecule has 0 rings (SSSR count). The highest BCUT2D eigenvalue weighted by Crippen LogP contribution is 2.22. The molecule has 0 unspecified atom stereocenters. The summed E-state index contributed by atoms with van der Waals surface area (Å²) in [5.41, 5.74) is 2.12. The van der Waals surface area contributed by atoms with E-state index < -0.39 is 0 Å². The lowest BCUT2D eigenvalue weighted by Crippen LogP contribution is -1.94. The molecular formula is C10H15Cl. The van der Waals surface area contributed by atoms with Gasteiger partial charge in [0.1, 0.15) is 0 Å². The van der Waals surface area contributed by atoms with Crippen LogP contribution in [-0.4, -0.2) is 0 Å². The molecule has 0 atom stereocenters. The second kappa shape index (κ2) is 4.40. The molecule has 0 aliphatic carbocycles. The highest BCUT2D eigenvalue weighted by Gasteiger charge is 2.04. The second-order valence-corrected chi connectivity index (χ2v) is 3.26. The molecule has 0 aromatic carbocycles. The first-order valence-corrected chi connectivity index (χ1v) is 4.06. The standard InChI is InChI=1S/C10H15Cl/c1-6-10(11)9(5)8(4)7(2)3/h6-7H,1,4H2,2-3,5H3/b10-9+. The molecule has 0 fully saturated rings. The van der Waals surface area contributed by atoms with Gasteiger partial charge in [-0.05, 0) is 24.0 Å². The molecule has 0 bridgehead atoms. The molecule has 0 saturated carbocycles. The molecule has 62 valence electrons. The number of halogens is 1. The van der Waals surface area contributed by atoms with Crippen molar-refractivity contribution in [3.63, 3.8) is 0 Å². The van der Waals surface area contributed by atoms with Crippen molar-refractivity contribution in [2.24, 2.45) is 5.92 Å². The maximum absolute atomic E-state index is 5.86. The number of hydrogen-bond acceptors (Lipinski definition) is 0. The second-order valence-electron chi connectivity index (χ2n) is 2.86. The minimum absolute atomic E-state index is 0.448. The van der Waals surface area contributed by atoms with Crippen molar-refractivity contribution in [2.75, 3.05) is 0 Å². The molecule has 0 radical (unpaired) electrons. The van der Waals surface area contributed by atoms with E-state index in [1.165, 1.54) is 0 Å². The van der Waals surface area contributed by atoms with Crippen molar-refractivity contribution in [3.05, 3.63) is 35.4 Å². The summed E-state index contributed by atoms with van der Waals surface area (Å²) in [4.78, 5) is 0. The SMILES string of the molecule is C=C/C(Cl)=C(/C)C(=C)C(C)C. The summed E-state index contributed by atoms with van der Waals surface area (Å²) >= 11 is 5.86. The van der Waals surface area contributed by atoms with Gasteiger partial charge in [0.25, 0.3) is 0 Å². The van der Waals surface area contributed by atoms with Gasteiger partial charge in [-0.1, -0.05) is 44.7 Å². The van der Waals surface area contributed by atoms with Crippen molar-refractivity contribution in [2.45, 2.75) is 20.8 Å². The van der Waals surface area contributed by atoms with Crippen LogP contribution in [0.4, 0.5) is 0 Å². The summed E-state index contributed by atoms with van der Waals surface area (Å²) in [5, 5.41) is 0.698. The van der Waals surface area contributed by atoms with E-state index >= 15 is 0 Å². The predicted molar refractivity (Wildman–Crippen MR) is 52.7 cm³/mol. The minimum Gasteiger partial charge on any atom is -0.0976 e. The summed E-state index contributed by atoms with van der Waals surface area (Å²) in [6.45, 7) is 13.7. The monoisotopic (exact) mass is 170 g/mol. The average molecular weight is 171 g/mol. The highest BCUT2D eigenvalue weighted by molar-refractivity contribution is 6.31. The average Bonchev–Trinajstić information content (AvgIpc) is 2.00. The smallest absolute Gasteiger partial charge is 0.0431 e. The molecule has 0 aliphatic rings. The summed E-state index contributed by atoms with van der Waals surface area (Å²) in [5.74, 6) is 0.448.